The van der Waals surface area contributed by atoms with E-state index in [0.29, 0.717) is 5.75 Å². The normalized spacial score (nSPS) is 15.9. The summed E-state index contributed by atoms with van der Waals surface area (Å²) in [4.78, 5) is 18.2. The van der Waals surface area contributed by atoms with Crippen LogP contribution in [0.5, 0.6) is 0 Å². The number of nitrogens with zero attached hydrogens (tertiary/aromatic N) is 2. The number of carbonyl (C=O) groups is 1. The van der Waals surface area contributed by atoms with E-state index >= 15 is 0 Å². The van der Waals surface area contributed by atoms with E-state index in [0.717, 1.165) is 36.9 Å². The van der Waals surface area contributed by atoms with Crippen LogP contribution in [0.15, 0.2) is 23.2 Å². The standard InChI is InChI=1S/C12H17N3OS/c1-10-3-2-4-11(14-10)17-9-12(16)15-7-5-13-6-8-15/h2-4,13H,5-9H2,1H3. The number of rotatable bonds is 3. The molecule has 1 fully saturated rings. The summed E-state index contributed by atoms with van der Waals surface area (Å²) in [5, 5.41) is 4.16. The van der Waals surface area contributed by atoms with Crippen molar-refractivity contribution in [2.24, 2.45) is 0 Å². The van der Waals surface area contributed by atoms with Crippen molar-refractivity contribution >= 4 is 17.7 Å². The van der Waals surface area contributed by atoms with Gasteiger partial charge in [0.25, 0.3) is 0 Å². The molecule has 1 amide bonds. The molecule has 0 spiro atoms. The molecule has 4 nitrogen and oxygen atoms in total. The average molecular weight is 251 g/mol. The molecule has 1 aromatic heterocycles. The van der Waals surface area contributed by atoms with E-state index in [9.17, 15) is 4.79 Å². The molecule has 0 atom stereocenters. The number of carbonyl (C=O) groups excluding carboxylic acids is 1. The second-order valence-corrected chi connectivity index (χ2v) is 5.03. The minimum Gasteiger partial charge on any atom is -0.339 e. The van der Waals surface area contributed by atoms with Gasteiger partial charge < -0.3 is 10.2 Å². The maximum Gasteiger partial charge on any atom is 0.233 e. The number of hydrogen-bond acceptors (Lipinski definition) is 4. The van der Waals surface area contributed by atoms with Crippen molar-refractivity contribution in [1.29, 1.82) is 0 Å². The Morgan fingerprint density at radius 1 is 1.47 bits per heavy atom. The van der Waals surface area contributed by atoms with Crippen molar-refractivity contribution in [3.05, 3.63) is 23.9 Å². The highest BCUT2D eigenvalue weighted by Gasteiger charge is 2.16. The molecule has 0 bridgehead atoms. The molecule has 1 saturated heterocycles. The van der Waals surface area contributed by atoms with Gasteiger partial charge in [0, 0.05) is 31.9 Å². The lowest BCUT2D eigenvalue weighted by Crippen LogP contribution is -2.47. The Morgan fingerprint density at radius 3 is 2.94 bits per heavy atom. The van der Waals surface area contributed by atoms with E-state index in [1.807, 2.05) is 30.0 Å². The van der Waals surface area contributed by atoms with Gasteiger partial charge in [0.1, 0.15) is 0 Å². The summed E-state index contributed by atoms with van der Waals surface area (Å²) in [5.41, 5.74) is 0.990. The topological polar surface area (TPSA) is 45.2 Å². The largest absolute Gasteiger partial charge is 0.339 e. The van der Waals surface area contributed by atoms with Crippen LogP contribution in [0, 0.1) is 6.92 Å². The lowest BCUT2D eigenvalue weighted by molar-refractivity contribution is -0.128. The molecule has 1 aliphatic heterocycles. The van der Waals surface area contributed by atoms with E-state index < -0.39 is 0 Å². The van der Waals surface area contributed by atoms with Gasteiger partial charge in [0.15, 0.2) is 0 Å². The highest BCUT2D eigenvalue weighted by atomic mass is 32.2. The summed E-state index contributed by atoms with van der Waals surface area (Å²) >= 11 is 1.51. The number of amides is 1. The van der Waals surface area contributed by atoms with Gasteiger partial charge in [-0.25, -0.2) is 4.98 Å². The summed E-state index contributed by atoms with van der Waals surface area (Å²) in [7, 11) is 0. The van der Waals surface area contributed by atoms with Crippen molar-refractivity contribution in [3.8, 4) is 0 Å². The maximum atomic E-state index is 11.9. The fourth-order valence-corrected chi connectivity index (χ4v) is 2.58. The minimum absolute atomic E-state index is 0.208. The third-order valence-corrected chi connectivity index (χ3v) is 3.59. The maximum absolute atomic E-state index is 11.9. The van der Waals surface area contributed by atoms with Crippen LogP contribution >= 0.6 is 11.8 Å². The first kappa shape index (κ1) is 12.4. The average Bonchev–Trinajstić information content (AvgIpc) is 2.37. The first-order valence-electron chi connectivity index (χ1n) is 5.80. The first-order chi connectivity index (χ1) is 8.25. The van der Waals surface area contributed by atoms with Crippen LogP contribution in [0.1, 0.15) is 5.69 Å². The lowest BCUT2D eigenvalue weighted by Gasteiger charge is -2.27. The van der Waals surface area contributed by atoms with Gasteiger partial charge in [-0.3, -0.25) is 4.79 Å². The molecule has 5 heteroatoms. The van der Waals surface area contributed by atoms with Gasteiger partial charge in [0.05, 0.1) is 10.8 Å². The molecule has 1 N–H and O–H groups in total. The van der Waals surface area contributed by atoms with Crippen LogP contribution in [0.25, 0.3) is 0 Å². The van der Waals surface area contributed by atoms with E-state index in [1.54, 1.807) is 0 Å². The Kier molecular flexibility index (Phi) is 4.39. The number of nitrogens with one attached hydrogen (secondary N) is 1. The second kappa shape index (κ2) is 6.02. The molecule has 0 radical (unpaired) electrons. The van der Waals surface area contributed by atoms with Crippen molar-refractivity contribution in [3.63, 3.8) is 0 Å². The molecular weight excluding hydrogens is 234 g/mol. The molecule has 0 unspecified atom stereocenters. The summed E-state index contributed by atoms with van der Waals surface area (Å²) in [6, 6.07) is 5.88. The van der Waals surface area contributed by atoms with Gasteiger partial charge in [-0.05, 0) is 19.1 Å². The van der Waals surface area contributed by atoms with Crippen molar-refractivity contribution in [1.82, 2.24) is 15.2 Å². The molecule has 1 aromatic rings. The van der Waals surface area contributed by atoms with E-state index in [1.165, 1.54) is 11.8 Å². The zero-order chi connectivity index (χ0) is 12.1. The molecule has 17 heavy (non-hydrogen) atoms. The van der Waals surface area contributed by atoms with Crippen LogP contribution in [0.4, 0.5) is 0 Å². The Labute approximate surface area is 106 Å². The predicted molar refractivity (Wildman–Crippen MR) is 69.1 cm³/mol. The third-order valence-electron chi connectivity index (χ3n) is 2.68. The fourth-order valence-electron chi connectivity index (χ4n) is 1.74. The monoisotopic (exact) mass is 251 g/mol. The first-order valence-corrected chi connectivity index (χ1v) is 6.79. The third kappa shape index (κ3) is 3.71. The fraction of sp³-hybridized carbons (Fsp3) is 0.500. The van der Waals surface area contributed by atoms with Crippen LogP contribution in [0.3, 0.4) is 0 Å². The molecule has 0 aromatic carbocycles. The zero-order valence-electron chi connectivity index (χ0n) is 9.98. The molecular formula is C12H17N3OS. The quantitative estimate of drug-likeness (QED) is 0.811. The zero-order valence-corrected chi connectivity index (χ0v) is 10.8. The Balaban J connectivity index is 1.83. The second-order valence-electron chi connectivity index (χ2n) is 4.04. The van der Waals surface area contributed by atoms with Crippen molar-refractivity contribution in [2.75, 3.05) is 31.9 Å². The van der Waals surface area contributed by atoms with Gasteiger partial charge in [0.2, 0.25) is 5.91 Å². The number of aryl methyl sites for hydroxylation is 1. The lowest BCUT2D eigenvalue weighted by atomic mass is 10.3. The van der Waals surface area contributed by atoms with Crippen molar-refractivity contribution < 1.29 is 4.79 Å². The number of aromatic nitrogens is 1. The highest BCUT2D eigenvalue weighted by Crippen LogP contribution is 2.15. The summed E-state index contributed by atoms with van der Waals surface area (Å²) < 4.78 is 0. The Morgan fingerprint density at radius 2 is 2.24 bits per heavy atom. The summed E-state index contributed by atoms with van der Waals surface area (Å²) in [5.74, 6) is 0.691. The van der Waals surface area contributed by atoms with Gasteiger partial charge in [-0.15, -0.1) is 0 Å². The summed E-state index contributed by atoms with van der Waals surface area (Å²) in [6.45, 7) is 5.40. The smallest absolute Gasteiger partial charge is 0.233 e. The SMILES string of the molecule is Cc1cccc(SCC(=O)N2CCNCC2)n1. The van der Waals surface area contributed by atoms with Gasteiger partial charge in [-0.1, -0.05) is 17.8 Å². The van der Waals surface area contributed by atoms with Crippen LogP contribution in [-0.4, -0.2) is 47.7 Å². The van der Waals surface area contributed by atoms with E-state index in [4.69, 9.17) is 0 Å². The summed E-state index contributed by atoms with van der Waals surface area (Å²) in [6.07, 6.45) is 0. The van der Waals surface area contributed by atoms with E-state index in [-0.39, 0.29) is 5.91 Å². The molecule has 0 saturated carbocycles. The number of thioether (sulfide) groups is 1. The molecule has 1 aliphatic rings. The Hall–Kier alpha value is -1.07. The Bertz CT molecular complexity index is 391. The van der Waals surface area contributed by atoms with Crippen LogP contribution < -0.4 is 5.32 Å². The van der Waals surface area contributed by atoms with Crippen LogP contribution in [-0.2, 0) is 4.79 Å². The molecule has 2 heterocycles. The van der Waals surface area contributed by atoms with Crippen molar-refractivity contribution in [2.45, 2.75) is 11.9 Å². The van der Waals surface area contributed by atoms with Gasteiger partial charge >= 0.3 is 0 Å². The highest BCUT2D eigenvalue weighted by molar-refractivity contribution is 7.99. The minimum atomic E-state index is 0.208. The van der Waals surface area contributed by atoms with Crippen LogP contribution in [0.2, 0.25) is 0 Å². The number of pyridine rings is 1. The number of piperazine rings is 1. The molecule has 2 rings (SSSR count). The molecule has 0 aliphatic carbocycles. The predicted octanol–water partition coefficient (Wildman–Crippen LogP) is 0.914. The van der Waals surface area contributed by atoms with Gasteiger partial charge in [-0.2, -0.15) is 0 Å². The van der Waals surface area contributed by atoms with E-state index in [2.05, 4.69) is 10.3 Å². The molecule has 92 valence electrons. The number of hydrogen-bond donors (Lipinski definition) is 1.